The monoisotopic (exact) mass is 347 g/mol. The highest BCUT2D eigenvalue weighted by Gasteiger charge is 2.24. The lowest BCUT2D eigenvalue weighted by molar-refractivity contribution is -0.135. The second kappa shape index (κ2) is 9.46. The van der Waals surface area contributed by atoms with Gasteiger partial charge in [0.2, 0.25) is 5.91 Å². The molecule has 0 fully saturated rings. The number of carbonyl (C=O) groups is 1. The molecule has 0 bridgehead atoms. The molecule has 2 N–H and O–H groups in total. The molecule has 0 unspecified atom stereocenters. The fraction of sp³-hybridized carbons (Fsp3) is 0.412. The first-order valence-corrected chi connectivity index (χ1v) is 9.43. The second-order valence-corrected chi connectivity index (χ2v) is 7.38. The van der Waals surface area contributed by atoms with Crippen molar-refractivity contribution >= 4 is 28.6 Å². The fourth-order valence-corrected chi connectivity index (χ4v) is 3.79. The van der Waals surface area contributed by atoms with E-state index in [1.54, 1.807) is 27.6 Å². The smallest absolute Gasteiger partial charge is 0.240 e. The van der Waals surface area contributed by atoms with Crippen LogP contribution in [0.4, 0.5) is 0 Å². The lowest BCUT2D eigenvalue weighted by Gasteiger charge is -2.24. The van der Waals surface area contributed by atoms with Crippen LogP contribution in [-0.4, -0.2) is 17.4 Å². The van der Waals surface area contributed by atoms with Crippen LogP contribution in [0.3, 0.4) is 0 Å². The average molecular weight is 348 g/mol. The Bertz CT molecular complexity index is 581. The van der Waals surface area contributed by atoms with Crippen molar-refractivity contribution in [1.82, 2.24) is 4.90 Å². The molecule has 0 radical (unpaired) electrons. The Balaban J connectivity index is 2.07. The summed E-state index contributed by atoms with van der Waals surface area (Å²) in [5.74, 6) is -0.659. The SMILES string of the molecule is N#C[C@H](CCCCN)C(=O)N(Cc1cccs1)Cc1cccs1. The van der Waals surface area contributed by atoms with Crippen LogP contribution in [0.5, 0.6) is 0 Å². The highest BCUT2D eigenvalue weighted by atomic mass is 32.1. The summed E-state index contributed by atoms with van der Waals surface area (Å²) in [6.45, 7) is 1.72. The van der Waals surface area contributed by atoms with Crippen LogP contribution in [0.2, 0.25) is 0 Å². The predicted octanol–water partition coefficient (Wildman–Crippen LogP) is 3.61. The number of nitrogens with zero attached hydrogens (tertiary/aromatic N) is 2. The van der Waals surface area contributed by atoms with Gasteiger partial charge in [0.15, 0.2) is 0 Å². The molecule has 122 valence electrons. The van der Waals surface area contributed by atoms with E-state index >= 15 is 0 Å². The molecule has 2 aromatic heterocycles. The molecule has 1 atom stereocenters. The average Bonchev–Trinajstić information content (AvgIpc) is 3.24. The van der Waals surface area contributed by atoms with E-state index in [1.807, 2.05) is 35.0 Å². The molecule has 4 nitrogen and oxygen atoms in total. The summed E-state index contributed by atoms with van der Waals surface area (Å²) < 4.78 is 0. The Hall–Kier alpha value is -1.68. The maximum absolute atomic E-state index is 12.8. The Morgan fingerprint density at radius 2 is 1.78 bits per heavy atom. The quantitative estimate of drug-likeness (QED) is 0.705. The maximum Gasteiger partial charge on any atom is 0.240 e. The summed E-state index contributed by atoms with van der Waals surface area (Å²) in [6.07, 6.45) is 2.24. The number of rotatable bonds is 9. The number of nitrogens with two attached hydrogens (primary N) is 1. The lowest BCUT2D eigenvalue weighted by atomic mass is 10.0. The van der Waals surface area contributed by atoms with Crippen molar-refractivity contribution < 1.29 is 4.79 Å². The minimum absolute atomic E-state index is 0.0775. The molecule has 2 aromatic rings. The fourth-order valence-electron chi connectivity index (χ4n) is 2.35. The first-order valence-electron chi connectivity index (χ1n) is 7.68. The number of carbonyl (C=O) groups excluding carboxylic acids is 1. The summed E-state index contributed by atoms with van der Waals surface area (Å²) in [5.41, 5.74) is 5.50. The van der Waals surface area contributed by atoms with Gasteiger partial charge in [-0.05, 0) is 42.3 Å². The molecule has 6 heteroatoms. The Labute approximate surface area is 145 Å². The summed E-state index contributed by atoms with van der Waals surface area (Å²) >= 11 is 3.26. The molecule has 0 saturated carbocycles. The zero-order valence-electron chi connectivity index (χ0n) is 13.0. The summed E-state index contributed by atoms with van der Waals surface area (Å²) in [7, 11) is 0. The number of hydrogen-bond donors (Lipinski definition) is 1. The molecular weight excluding hydrogens is 326 g/mol. The zero-order chi connectivity index (χ0) is 16.5. The molecule has 2 heterocycles. The molecule has 0 spiro atoms. The van der Waals surface area contributed by atoms with E-state index in [0.29, 0.717) is 26.1 Å². The third-order valence-electron chi connectivity index (χ3n) is 3.57. The first-order chi connectivity index (χ1) is 11.2. The molecule has 23 heavy (non-hydrogen) atoms. The van der Waals surface area contributed by atoms with Crippen LogP contribution in [-0.2, 0) is 17.9 Å². The largest absolute Gasteiger partial charge is 0.331 e. The van der Waals surface area contributed by atoms with Crippen LogP contribution in [0.1, 0.15) is 29.0 Å². The van der Waals surface area contributed by atoms with Crippen LogP contribution in [0.15, 0.2) is 35.0 Å². The van der Waals surface area contributed by atoms with Gasteiger partial charge in [-0.15, -0.1) is 22.7 Å². The van der Waals surface area contributed by atoms with Crippen LogP contribution < -0.4 is 5.73 Å². The maximum atomic E-state index is 12.8. The van der Waals surface area contributed by atoms with Gasteiger partial charge in [0.1, 0.15) is 5.92 Å². The van der Waals surface area contributed by atoms with Gasteiger partial charge in [0.05, 0.1) is 19.2 Å². The summed E-state index contributed by atoms with van der Waals surface area (Å²) in [5, 5.41) is 13.4. The third kappa shape index (κ3) is 5.47. The molecule has 0 aromatic carbocycles. The molecule has 1 amide bonds. The number of hydrogen-bond acceptors (Lipinski definition) is 5. The van der Waals surface area contributed by atoms with Gasteiger partial charge in [-0.2, -0.15) is 5.26 Å². The van der Waals surface area contributed by atoms with E-state index in [9.17, 15) is 10.1 Å². The topological polar surface area (TPSA) is 70.1 Å². The van der Waals surface area contributed by atoms with Gasteiger partial charge < -0.3 is 10.6 Å². The minimum Gasteiger partial charge on any atom is -0.331 e. The van der Waals surface area contributed by atoms with Crippen molar-refractivity contribution in [1.29, 1.82) is 5.26 Å². The number of amides is 1. The summed E-state index contributed by atoms with van der Waals surface area (Å²) in [4.78, 5) is 16.9. The van der Waals surface area contributed by atoms with E-state index in [-0.39, 0.29) is 5.91 Å². The van der Waals surface area contributed by atoms with Gasteiger partial charge in [-0.25, -0.2) is 0 Å². The van der Waals surface area contributed by atoms with E-state index in [1.165, 1.54) is 0 Å². The van der Waals surface area contributed by atoms with E-state index in [0.717, 1.165) is 22.6 Å². The molecule has 0 aliphatic heterocycles. The molecule has 0 aliphatic carbocycles. The zero-order valence-corrected chi connectivity index (χ0v) is 14.6. The molecule has 0 aliphatic rings. The van der Waals surface area contributed by atoms with Gasteiger partial charge in [0.25, 0.3) is 0 Å². The van der Waals surface area contributed by atoms with Crippen molar-refractivity contribution in [3.8, 4) is 6.07 Å². The standard InChI is InChI=1S/C17H21N3OS2/c18-8-2-1-5-14(11-19)17(21)20(12-15-6-3-9-22-15)13-16-7-4-10-23-16/h3-4,6-7,9-10,14H,1-2,5,8,12-13,18H2/t14-/m0/s1. The highest BCUT2D eigenvalue weighted by Crippen LogP contribution is 2.20. The Morgan fingerprint density at radius 3 is 2.22 bits per heavy atom. The minimum atomic E-state index is -0.582. The Morgan fingerprint density at radius 1 is 1.17 bits per heavy atom. The van der Waals surface area contributed by atoms with Crippen molar-refractivity contribution in [3.05, 3.63) is 44.8 Å². The highest BCUT2D eigenvalue weighted by molar-refractivity contribution is 7.10. The molecular formula is C17H21N3OS2. The van der Waals surface area contributed by atoms with Crippen LogP contribution in [0, 0.1) is 17.2 Å². The Kier molecular flexibility index (Phi) is 7.27. The van der Waals surface area contributed by atoms with Gasteiger partial charge in [-0.3, -0.25) is 4.79 Å². The third-order valence-corrected chi connectivity index (χ3v) is 5.29. The van der Waals surface area contributed by atoms with Crippen LogP contribution >= 0.6 is 22.7 Å². The van der Waals surface area contributed by atoms with Crippen molar-refractivity contribution in [2.45, 2.75) is 32.4 Å². The van der Waals surface area contributed by atoms with E-state index in [4.69, 9.17) is 5.73 Å². The summed E-state index contributed by atoms with van der Waals surface area (Å²) in [6, 6.07) is 10.2. The lowest BCUT2D eigenvalue weighted by Crippen LogP contribution is -2.34. The molecule has 2 rings (SSSR count). The van der Waals surface area contributed by atoms with Crippen LogP contribution in [0.25, 0.3) is 0 Å². The van der Waals surface area contributed by atoms with Crippen molar-refractivity contribution in [3.63, 3.8) is 0 Å². The van der Waals surface area contributed by atoms with Crippen molar-refractivity contribution in [2.75, 3.05) is 6.54 Å². The predicted molar refractivity (Wildman–Crippen MR) is 94.9 cm³/mol. The van der Waals surface area contributed by atoms with E-state index < -0.39 is 5.92 Å². The van der Waals surface area contributed by atoms with Crippen molar-refractivity contribution in [2.24, 2.45) is 11.7 Å². The normalized spacial score (nSPS) is 11.8. The van der Waals surface area contributed by atoms with Gasteiger partial charge in [-0.1, -0.05) is 18.6 Å². The number of nitriles is 1. The van der Waals surface area contributed by atoms with Gasteiger partial charge in [0, 0.05) is 9.75 Å². The van der Waals surface area contributed by atoms with Gasteiger partial charge >= 0.3 is 0 Å². The van der Waals surface area contributed by atoms with E-state index in [2.05, 4.69) is 6.07 Å². The number of thiophene rings is 2. The first kappa shape index (κ1) is 17.7. The number of unbranched alkanes of at least 4 members (excludes halogenated alkanes) is 1. The molecule has 0 saturated heterocycles. The second-order valence-electron chi connectivity index (χ2n) is 5.32.